The second-order valence-electron chi connectivity index (χ2n) is 4.75. The van der Waals surface area contributed by atoms with Gasteiger partial charge < -0.3 is 10.3 Å². The van der Waals surface area contributed by atoms with Gasteiger partial charge in [0.05, 0.1) is 11.0 Å². The molecule has 3 aromatic rings. The lowest BCUT2D eigenvalue weighted by molar-refractivity contribution is 0.510. The largest absolute Gasteiger partial charge is 0.342 e. The summed E-state index contributed by atoms with van der Waals surface area (Å²) >= 11 is 0. The Morgan fingerprint density at radius 3 is 2.67 bits per heavy atom. The summed E-state index contributed by atoms with van der Waals surface area (Å²) < 4.78 is 26.2. The molecule has 0 aliphatic carbocycles. The number of hydrogen-bond donors (Lipinski definition) is 2. The van der Waals surface area contributed by atoms with E-state index in [-0.39, 0.29) is 0 Å². The van der Waals surface area contributed by atoms with Gasteiger partial charge >= 0.3 is 0 Å². The topological polar surface area (TPSA) is 53.6 Å². The lowest BCUT2D eigenvalue weighted by atomic mass is 10.2. The first-order chi connectivity index (χ1) is 10.2. The Bertz CT molecular complexity index is 701. The Hall–Kier alpha value is -2.34. The van der Waals surface area contributed by atoms with Gasteiger partial charge in [0, 0.05) is 44.0 Å². The summed E-state index contributed by atoms with van der Waals surface area (Å²) in [5.74, 6) is -1.04. The Morgan fingerprint density at radius 1 is 1.10 bits per heavy atom. The minimum absolute atomic E-state index is 0.443. The number of rotatable bonds is 5. The smallest absolute Gasteiger partial charge is 0.161 e. The minimum atomic E-state index is -0.878. The van der Waals surface area contributed by atoms with Gasteiger partial charge in [-0.2, -0.15) is 0 Å². The normalized spacial score (nSPS) is 11.1. The maximum Gasteiger partial charge on any atom is 0.161 e. The molecule has 0 saturated heterocycles. The molecule has 2 N–H and O–H groups in total. The Labute approximate surface area is 120 Å². The van der Waals surface area contributed by atoms with Gasteiger partial charge in [0.15, 0.2) is 11.6 Å². The number of pyridine rings is 1. The zero-order chi connectivity index (χ0) is 14.7. The Morgan fingerprint density at radius 2 is 1.86 bits per heavy atom. The molecule has 0 bridgehead atoms. The van der Waals surface area contributed by atoms with Crippen molar-refractivity contribution in [2.75, 3.05) is 6.54 Å². The van der Waals surface area contributed by atoms with Crippen LogP contribution in [0, 0.1) is 11.6 Å². The van der Waals surface area contributed by atoms with E-state index < -0.39 is 11.6 Å². The molecule has 1 aromatic carbocycles. The number of fused-ring (bicyclic) bond motifs is 1. The summed E-state index contributed by atoms with van der Waals surface area (Å²) in [4.78, 5) is 11.2. The predicted octanol–water partition coefficient (Wildman–Crippen LogP) is 2.57. The van der Waals surface area contributed by atoms with Gasteiger partial charge in [0.2, 0.25) is 0 Å². The van der Waals surface area contributed by atoms with Crippen molar-refractivity contribution in [2.24, 2.45) is 0 Å². The maximum atomic E-state index is 13.1. The summed E-state index contributed by atoms with van der Waals surface area (Å²) in [5, 5.41) is 3.28. The predicted molar refractivity (Wildman–Crippen MR) is 75.7 cm³/mol. The van der Waals surface area contributed by atoms with Gasteiger partial charge in [-0.3, -0.25) is 4.98 Å². The van der Waals surface area contributed by atoms with Crippen LogP contribution in [-0.4, -0.2) is 21.5 Å². The average Bonchev–Trinajstić information content (AvgIpc) is 2.87. The summed E-state index contributed by atoms with van der Waals surface area (Å²) in [6.07, 6.45) is 4.15. The van der Waals surface area contributed by atoms with E-state index in [0.717, 1.165) is 24.2 Å². The van der Waals surface area contributed by atoms with Gasteiger partial charge in [-0.1, -0.05) is 0 Å². The molecule has 6 heteroatoms. The van der Waals surface area contributed by atoms with Crippen LogP contribution in [0.25, 0.3) is 11.0 Å². The van der Waals surface area contributed by atoms with Crippen LogP contribution < -0.4 is 5.32 Å². The number of aromatic nitrogens is 3. The SMILES string of the molecule is Fc1cc2nc(CCNCc3ccncc3)[nH]c2cc1F. The molecule has 0 saturated carbocycles. The summed E-state index contributed by atoms with van der Waals surface area (Å²) in [6, 6.07) is 6.13. The first kappa shape index (κ1) is 13.6. The van der Waals surface area contributed by atoms with E-state index in [1.807, 2.05) is 12.1 Å². The summed E-state index contributed by atoms with van der Waals surface area (Å²) in [7, 11) is 0. The molecular formula is C15H14F2N4. The molecular weight excluding hydrogens is 274 g/mol. The molecule has 108 valence electrons. The highest BCUT2D eigenvalue weighted by Gasteiger charge is 2.08. The number of H-pyrrole nitrogens is 1. The fourth-order valence-corrected chi connectivity index (χ4v) is 2.12. The third-order valence-corrected chi connectivity index (χ3v) is 3.19. The van der Waals surface area contributed by atoms with Crippen LogP contribution in [0.2, 0.25) is 0 Å². The molecule has 3 rings (SSSR count). The van der Waals surface area contributed by atoms with Crippen molar-refractivity contribution < 1.29 is 8.78 Å². The van der Waals surface area contributed by atoms with Gasteiger partial charge in [-0.15, -0.1) is 0 Å². The molecule has 4 nitrogen and oxygen atoms in total. The number of imidazole rings is 1. The number of benzene rings is 1. The third kappa shape index (κ3) is 3.22. The lowest BCUT2D eigenvalue weighted by Crippen LogP contribution is -2.17. The molecule has 2 heterocycles. The molecule has 0 amide bonds. The molecule has 0 radical (unpaired) electrons. The van der Waals surface area contributed by atoms with Crippen LogP contribution >= 0.6 is 0 Å². The number of nitrogens with zero attached hydrogens (tertiary/aromatic N) is 2. The highest BCUT2D eigenvalue weighted by atomic mass is 19.2. The average molecular weight is 288 g/mol. The highest BCUT2D eigenvalue weighted by molar-refractivity contribution is 5.75. The van der Waals surface area contributed by atoms with E-state index >= 15 is 0 Å². The van der Waals surface area contributed by atoms with Crippen LogP contribution in [-0.2, 0) is 13.0 Å². The van der Waals surface area contributed by atoms with Gasteiger partial charge in [-0.25, -0.2) is 13.8 Å². The fourth-order valence-electron chi connectivity index (χ4n) is 2.12. The minimum Gasteiger partial charge on any atom is -0.342 e. The van der Waals surface area contributed by atoms with Crippen molar-refractivity contribution in [1.82, 2.24) is 20.3 Å². The third-order valence-electron chi connectivity index (χ3n) is 3.19. The van der Waals surface area contributed by atoms with Crippen LogP contribution in [0.3, 0.4) is 0 Å². The van der Waals surface area contributed by atoms with Crippen molar-refractivity contribution in [3.8, 4) is 0 Å². The van der Waals surface area contributed by atoms with Crippen LogP contribution in [0.5, 0.6) is 0 Å². The van der Waals surface area contributed by atoms with Crippen LogP contribution in [0.15, 0.2) is 36.7 Å². The van der Waals surface area contributed by atoms with E-state index in [9.17, 15) is 8.78 Å². The summed E-state index contributed by atoms with van der Waals surface area (Å²) in [5.41, 5.74) is 2.11. The fraction of sp³-hybridized carbons (Fsp3) is 0.200. The second-order valence-corrected chi connectivity index (χ2v) is 4.75. The second kappa shape index (κ2) is 5.97. The van der Waals surface area contributed by atoms with E-state index in [1.165, 1.54) is 0 Å². The highest BCUT2D eigenvalue weighted by Crippen LogP contribution is 2.16. The van der Waals surface area contributed by atoms with Crippen LogP contribution in [0.1, 0.15) is 11.4 Å². The molecule has 21 heavy (non-hydrogen) atoms. The Balaban J connectivity index is 1.58. The molecule has 2 aromatic heterocycles. The van der Waals surface area contributed by atoms with Crippen LogP contribution in [0.4, 0.5) is 8.78 Å². The van der Waals surface area contributed by atoms with Crippen molar-refractivity contribution in [1.29, 1.82) is 0 Å². The zero-order valence-corrected chi connectivity index (χ0v) is 11.2. The molecule has 0 aliphatic rings. The number of nitrogens with one attached hydrogen (secondary N) is 2. The first-order valence-electron chi connectivity index (χ1n) is 6.65. The van der Waals surface area contributed by atoms with E-state index in [4.69, 9.17) is 0 Å². The van der Waals surface area contributed by atoms with Gasteiger partial charge in [0.1, 0.15) is 5.82 Å². The molecule has 0 aliphatic heterocycles. The molecule has 0 spiro atoms. The van der Waals surface area contributed by atoms with Crippen molar-refractivity contribution in [2.45, 2.75) is 13.0 Å². The van der Waals surface area contributed by atoms with Crippen molar-refractivity contribution in [3.05, 3.63) is 59.7 Å². The number of hydrogen-bond acceptors (Lipinski definition) is 3. The Kier molecular flexibility index (Phi) is 3.87. The van der Waals surface area contributed by atoms with Gasteiger partial charge in [-0.05, 0) is 17.7 Å². The molecule has 0 fully saturated rings. The first-order valence-corrected chi connectivity index (χ1v) is 6.65. The monoisotopic (exact) mass is 288 g/mol. The van der Waals surface area contributed by atoms with E-state index in [0.29, 0.717) is 29.8 Å². The van der Waals surface area contributed by atoms with Gasteiger partial charge in [0.25, 0.3) is 0 Å². The standard InChI is InChI=1S/C15H14F2N4/c16-11-7-13-14(8-12(11)17)21-15(20-13)3-6-19-9-10-1-4-18-5-2-10/h1-2,4-5,7-8,19H,3,6,9H2,(H,20,21). The number of halogens is 2. The van der Waals surface area contributed by atoms with E-state index in [1.54, 1.807) is 12.4 Å². The van der Waals surface area contributed by atoms with E-state index in [2.05, 4.69) is 20.3 Å². The summed E-state index contributed by atoms with van der Waals surface area (Å²) in [6.45, 7) is 1.46. The molecule has 0 unspecified atom stereocenters. The maximum absolute atomic E-state index is 13.1. The quantitative estimate of drug-likeness (QED) is 0.709. The van der Waals surface area contributed by atoms with Crippen molar-refractivity contribution >= 4 is 11.0 Å². The van der Waals surface area contributed by atoms with Crippen molar-refractivity contribution in [3.63, 3.8) is 0 Å². The molecule has 0 atom stereocenters. The lowest BCUT2D eigenvalue weighted by Gasteiger charge is -2.02. The number of aromatic amines is 1. The zero-order valence-electron chi connectivity index (χ0n) is 11.2.